The molecule has 1 amide bonds. The number of carbonyl (C=O) groups is 1. The first-order valence-corrected chi connectivity index (χ1v) is 10.1. The number of aryl methyl sites for hydroxylation is 1. The zero-order chi connectivity index (χ0) is 19.5. The van der Waals surface area contributed by atoms with E-state index in [0.29, 0.717) is 5.75 Å². The molecular weight excluding hydrogens is 366 g/mol. The van der Waals surface area contributed by atoms with Gasteiger partial charge in [0, 0.05) is 11.4 Å². The summed E-state index contributed by atoms with van der Waals surface area (Å²) in [5.74, 6) is 0.258. The zero-order valence-electron chi connectivity index (χ0n) is 15.8. The standard InChI is InChI=1S/C23H21N3OS/c1-16-9-8-13-19(17(16)2)24-22(27)15-28-23-25-20-12-6-7-14-21(20)26(23)18-10-4-3-5-11-18/h3-14H,15H2,1-2H3,(H,24,27). The molecule has 0 spiro atoms. The van der Waals surface area contributed by atoms with Crippen LogP contribution in [0.4, 0.5) is 5.69 Å². The van der Waals surface area contributed by atoms with Crippen molar-refractivity contribution in [3.63, 3.8) is 0 Å². The summed E-state index contributed by atoms with van der Waals surface area (Å²) in [7, 11) is 0. The van der Waals surface area contributed by atoms with Gasteiger partial charge in [-0.3, -0.25) is 9.36 Å². The number of fused-ring (bicyclic) bond motifs is 1. The molecule has 4 nitrogen and oxygen atoms in total. The van der Waals surface area contributed by atoms with Crippen molar-refractivity contribution in [3.05, 3.63) is 83.9 Å². The number of nitrogens with zero attached hydrogens (tertiary/aromatic N) is 2. The van der Waals surface area contributed by atoms with Crippen molar-refractivity contribution in [1.29, 1.82) is 0 Å². The number of aromatic nitrogens is 2. The summed E-state index contributed by atoms with van der Waals surface area (Å²) in [6.45, 7) is 4.06. The third kappa shape index (κ3) is 3.66. The Kier molecular flexibility index (Phi) is 5.17. The van der Waals surface area contributed by atoms with Gasteiger partial charge < -0.3 is 5.32 Å². The maximum atomic E-state index is 12.5. The van der Waals surface area contributed by atoms with Gasteiger partial charge in [-0.1, -0.05) is 54.2 Å². The molecule has 4 rings (SSSR count). The summed E-state index contributed by atoms with van der Waals surface area (Å²) in [6.07, 6.45) is 0. The Morgan fingerprint density at radius 3 is 2.54 bits per heavy atom. The fourth-order valence-electron chi connectivity index (χ4n) is 3.13. The molecular formula is C23H21N3OS. The first-order valence-electron chi connectivity index (χ1n) is 9.15. The van der Waals surface area contributed by atoms with Crippen molar-refractivity contribution in [2.45, 2.75) is 19.0 Å². The van der Waals surface area contributed by atoms with Gasteiger partial charge in [0.1, 0.15) is 0 Å². The molecule has 3 aromatic carbocycles. The Labute approximate surface area is 168 Å². The van der Waals surface area contributed by atoms with Gasteiger partial charge in [0.25, 0.3) is 0 Å². The summed E-state index contributed by atoms with van der Waals surface area (Å²) in [4.78, 5) is 17.3. The average molecular weight is 388 g/mol. The molecule has 0 radical (unpaired) electrons. The molecule has 0 aliphatic rings. The number of hydrogen-bond donors (Lipinski definition) is 1. The molecule has 28 heavy (non-hydrogen) atoms. The van der Waals surface area contributed by atoms with Crippen molar-refractivity contribution in [1.82, 2.24) is 9.55 Å². The van der Waals surface area contributed by atoms with E-state index in [9.17, 15) is 4.79 Å². The van der Waals surface area contributed by atoms with Crippen LogP contribution >= 0.6 is 11.8 Å². The Balaban J connectivity index is 1.58. The van der Waals surface area contributed by atoms with Gasteiger partial charge >= 0.3 is 0 Å². The molecule has 0 unspecified atom stereocenters. The molecule has 0 aliphatic carbocycles. The van der Waals surface area contributed by atoms with Crippen molar-refractivity contribution >= 4 is 34.4 Å². The smallest absolute Gasteiger partial charge is 0.234 e. The van der Waals surface area contributed by atoms with E-state index in [4.69, 9.17) is 4.98 Å². The number of anilines is 1. The summed E-state index contributed by atoms with van der Waals surface area (Å²) < 4.78 is 2.10. The van der Waals surface area contributed by atoms with Crippen LogP contribution in [0.25, 0.3) is 16.7 Å². The van der Waals surface area contributed by atoms with Crippen LogP contribution in [-0.2, 0) is 4.79 Å². The summed E-state index contributed by atoms with van der Waals surface area (Å²) in [6, 6.07) is 24.1. The normalized spacial score (nSPS) is 10.9. The number of hydrogen-bond acceptors (Lipinski definition) is 3. The van der Waals surface area contributed by atoms with E-state index in [-0.39, 0.29) is 5.91 Å². The SMILES string of the molecule is Cc1cccc(NC(=O)CSc2nc3ccccc3n2-c2ccccc2)c1C. The van der Waals surface area contributed by atoms with Crippen LogP contribution in [0.3, 0.4) is 0 Å². The lowest BCUT2D eigenvalue weighted by atomic mass is 10.1. The lowest BCUT2D eigenvalue weighted by Crippen LogP contribution is -2.15. The zero-order valence-corrected chi connectivity index (χ0v) is 16.7. The highest BCUT2D eigenvalue weighted by Gasteiger charge is 2.14. The second kappa shape index (κ2) is 7.90. The number of nitrogens with one attached hydrogen (secondary N) is 1. The van der Waals surface area contributed by atoms with Crippen LogP contribution in [-0.4, -0.2) is 21.2 Å². The van der Waals surface area contributed by atoms with E-state index >= 15 is 0 Å². The Morgan fingerprint density at radius 2 is 1.71 bits per heavy atom. The highest BCUT2D eigenvalue weighted by Crippen LogP contribution is 2.28. The topological polar surface area (TPSA) is 46.9 Å². The van der Waals surface area contributed by atoms with Crippen molar-refractivity contribution in [3.8, 4) is 5.69 Å². The number of thioether (sulfide) groups is 1. The van der Waals surface area contributed by atoms with Gasteiger partial charge in [-0.15, -0.1) is 0 Å². The van der Waals surface area contributed by atoms with E-state index in [2.05, 4.69) is 16.0 Å². The molecule has 0 saturated carbocycles. The van der Waals surface area contributed by atoms with Crippen LogP contribution in [0.15, 0.2) is 78.0 Å². The van der Waals surface area contributed by atoms with E-state index in [1.807, 2.05) is 80.6 Å². The third-order valence-electron chi connectivity index (χ3n) is 4.76. The number of imidazole rings is 1. The molecule has 0 aliphatic heterocycles. The van der Waals surface area contributed by atoms with Gasteiger partial charge in [-0.25, -0.2) is 4.98 Å². The van der Waals surface area contributed by atoms with E-state index < -0.39 is 0 Å². The minimum atomic E-state index is -0.0367. The monoisotopic (exact) mass is 387 g/mol. The van der Waals surface area contributed by atoms with Crippen molar-refractivity contribution in [2.24, 2.45) is 0 Å². The third-order valence-corrected chi connectivity index (χ3v) is 5.69. The summed E-state index contributed by atoms with van der Waals surface area (Å²) >= 11 is 1.44. The molecule has 5 heteroatoms. The van der Waals surface area contributed by atoms with Gasteiger partial charge in [0.05, 0.1) is 16.8 Å². The number of para-hydroxylation sites is 3. The molecule has 0 saturated heterocycles. The average Bonchev–Trinajstić information content (AvgIpc) is 3.09. The second-order valence-electron chi connectivity index (χ2n) is 6.64. The molecule has 1 N–H and O–H groups in total. The largest absolute Gasteiger partial charge is 0.325 e. The summed E-state index contributed by atoms with van der Waals surface area (Å²) in [5.41, 5.74) is 6.11. The Bertz CT molecular complexity index is 1140. The Hall–Kier alpha value is -3.05. The summed E-state index contributed by atoms with van der Waals surface area (Å²) in [5, 5.41) is 3.83. The Morgan fingerprint density at radius 1 is 0.964 bits per heavy atom. The lowest BCUT2D eigenvalue weighted by Gasteiger charge is -2.11. The molecule has 1 aromatic heterocycles. The predicted molar refractivity (Wildman–Crippen MR) is 116 cm³/mol. The van der Waals surface area contributed by atoms with E-state index in [1.165, 1.54) is 11.8 Å². The number of rotatable bonds is 5. The molecule has 0 fully saturated rings. The number of benzene rings is 3. The molecule has 0 bridgehead atoms. The van der Waals surface area contributed by atoms with Crippen LogP contribution < -0.4 is 5.32 Å². The fraction of sp³-hybridized carbons (Fsp3) is 0.130. The maximum absolute atomic E-state index is 12.5. The minimum Gasteiger partial charge on any atom is -0.325 e. The second-order valence-corrected chi connectivity index (χ2v) is 7.58. The lowest BCUT2D eigenvalue weighted by molar-refractivity contribution is -0.113. The highest BCUT2D eigenvalue weighted by atomic mass is 32.2. The number of carbonyl (C=O) groups excluding carboxylic acids is 1. The van der Waals surface area contributed by atoms with Gasteiger partial charge in [0.2, 0.25) is 5.91 Å². The number of amides is 1. The predicted octanol–water partition coefficient (Wildman–Crippen LogP) is 5.37. The van der Waals surface area contributed by atoms with Crippen molar-refractivity contribution < 1.29 is 4.79 Å². The fourth-order valence-corrected chi connectivity index (χ4v) is 3.96. The minimum absolute atomic E-state index is 0.0367. The van der Waals surface area contributed by atoms with E-state index in [0.717, 1.165) is 38.7 Å². The quantitative estimate of drug-likeness (QED) is 0.468. The van der Waals surface area contributed by atoms with E-state index in [1.54, 1.807) is 0 Å². The first kappa shape index (κ1) is 18.3. The molecule has 4 aromatic rings. The maximum Gasteiger partial charge on any atom is 0.234 e. The molecule has 0 atom stereocenters. The molecule has 140 valence electrons. The van der Waals surface area contributed by atoms with Crippen LogP contribution in [0.5, 0.6) is 0 Å². The van der Waals surface area contributed by atoms with Crippen LogP contribution in [0, 0.1) is 13.8 Å². The van der Waals surface area contributed by atoms with Crippen LogP contribution in [0.1, 0.15) is 11.1 Å². The van der Waals surface area contributed by atoms with Gasteiger partial charge in [-0.2, -0.15) is 0 Å². The molecule has 1 heterocycles. The highest BCUT2D eigenvalue weighted by molar-refractivity contribution is 7.99. The van der Waals surface area contributed by atoms with Crippen LogP contribution in [0.2, 0.25) is 0 Å². The van der Waals surface area contributed by atoms with Gasteiger partial charge in [-0.05, 0) is 55.3 Å². The van der Waals surface area contributed by atoms with Gasteiger partial charge in [0.15, 0.2) is 5.16 Å². The van der Waals surface area contributed by atoms with Crippen molar-refractivity contribution in [2.75, 3.05) is 11.1 Å². The first-order chi connectivity index (χ1) is 13.6.